The summed E-state index contributed by atoms with van der Waals surface area (Å²) in [6.45, 7) is 4.67. The molecule has 1 aromatic carbocycles. The van der Waals surface area contributed by atoms with Crippen LogP contribution in [-0.4, -0.2) is 28.8 Å². The van der Waals surface area contributed by atoms with Crippen molar-refractivity contribution in [2.45, 2.75) is 32.8 Å². The number of anilines is 1. The maximum atomic E-state index is 6.03. The van der Waals surface area contributed by atoms with E-state index in [1.807, 2.05) is 24.3 Å². The highest BCUT2D eigenvalue weighted by Crippen LogP contribution is 2.20. The van der Waals surface area contributed by atoms with Crippen LogP contribution in [0.25, 0.3) is 0 Å². The maximum Gasteiger partial charge on any atom is 0.243 e. The van der Waals surface area contributed by atoms with Gasteiger partial charge in [-0.05, 0) is 30.5 Å². The summed E-state index contributed by atoms with van der Waals surface area (Å²) < 4.78 is 5.52. The maximum absolute atomic E-state index is 6.03. The van der Waals surface area contributed by atoms with E-state index in [9.17, 15) is 0 Å². The van der Waals surface area contributed by atoms with Gasteiger partial charge in [-0.15, -0.1) is 5.10 Å². The van der Waals surface area contributed by atoms with Crippen LogP contribution in [0.4, 0.5) is 5.95 Å². The number of ether oxygens (including phenoxy) is 1. The molecule has 2 rings (SSSR count). The molecule has 0 saturated heterocycles. The molecule has 0 radical (unpaired) electrons. The van der Waals surface area contributed by atoms with Crippen LogP contribution >= 0.6 is 11.6 Å². The van der Waals surface area contributed by atoms with Gasteiger partial charge in [0.2, 0.25) is 5.95 Å². The SMILES string of the molecule is CCc1nnc(NCC(OC)c2cccc(Cl)c2)nc1CC. The van der Waals surface area contributed by atoms with Crippen LogP contribution in [0.3, 0.4) is 0 Å². The number of methoxy groups -OCH3 is 1. The topological polar surface area (TPSA) is 59.9 Å². The Balaban J connectivity index is 2.07. The zero-order valence-electron chi connectivity index (χ0n) is 13.1. The first-order chi connectivity index (χ1) is 10.7. The van der Waals surface area contributed by atoms with E-state index in [0.29, 0.717) is 17.5 Å². The third-order valence-electron chi connectivity index (χ3n) is 3.46. The lowest BCUT2D eigenvalue weighted by atomic mass is 10.1. The molecular weight excluding hydrogens is 300 g/mol. The number of benzene rings is 1. The number of aromatic nitrogens is 3. The molecule has 0 amide bonds. The summed E-state index contributed by atoms with van der Waals surface area (Å²) in [5, 5.41) is 12.2. The third-order valence-corrected chi connectivity index (χ3v) is 3.69. The first kappa shape index (κ1) is 16.6. The number of rotatable bonds is 7. The molecule has 118 valence electrons. The number of nitrogens with zero attached hydrogens (tertiary/aromatic N) is 3. The summed E-state index contributed by atoms with van der Waals surface area (Å²) in [6, 6.07) is 7.63. The highest BCUT2D eigenvalue weighted by molar-refractivity contribution is 6.30. The van der Waals surface area contributed by atoms with Crippen molar-refractivity contribution in [3.63, 3.8) is 0 Å². The molecule has 1 unspecified atom stereocenters. The van der Waals surface area contributed by atoms with Gasteiger partial charge in [-0.3, -0.25) is 0 Å². The molecule has 1 aromatic heterocycles. The van der Waals surface area contributed by atoms with E-state index in [4.69, 9.17) is 16.3 Å². The fraction of sp³-hybridized carbons (Fsp3) is 0.438. The molecule has 0 aliphatic heterocycles. The third kappa shape index (κ3) is 4.15. The first-order valence-corrected chi connectivity index (χ1v) is 7.80. The van der Waals surface area contributed by atoms with Gasteiger partial charge in [-0.1, -0.05) is 37.6 Å². The van der Waals surface area contributed by atoms with Crippen molar-refractivity contribution in [2.75, 3.05) is 19.0 Å². The van der Waals surface area contributed by atoms with Gasteiger partial charge in [-0.25, -0.2) is 4.98 Å². The first-order valence-electron chi connectivity index (χ1n) is 7.42. The Hall–Kier alpha value is -1.72. The van der Waals surface area contributed by atoms with Gasteiger partial charge >= 0.3 is 0 Å². The monoisotopic (exact) mass is 320 g/mol. The second-order valence-electron chi connectivity index (χ2n) is 4.90. The average Bonchev–Trinajstić information content (AvgIpc) is 2.55. The van der Waals surface area contributed by atoms with Gasteiger partial charge in [-0.2, -0.15) is 5.10 Å². The van der Waals surface area contributed by atoms with Crippen LogP contribution in [-0.2, 0) is 17.6 Å². The average molecular weight is 321 g/mol. The van der Waals surface area contributed by atoms with E-state index in [-0.39, 0.29) is 6.10 Å². The predicted octanol–water partition coefficient (Wildman–Crippen LogP) is 3.45. The molecule has 1 atom stereocenters. The van der Waals surface area contributed by atoms with Crippen molar-refractivity contribution in [1.29, 1.82) is 0 Å². The highest BCUT2D eigenvalue weighted by Gasteiger charge is 2.12. The Kier molecular flexibility index (Phi) is 6.10. The molecule has 5 nitrogen and oxygen atoms in total. The molecule has 1 heterocycles. The lowest BCUT2D eigenvalue weighted by Gasteiger charge is -2.17. The minimum atomic E-state index is -0.127. The summed E-state index contributed by atoms with van der Waals surface area (Å²) in [4.78, 5) is 4.51. The number of hydrogen-bond acceptors (Lipinski definition) is 5. The number of halogens is 1. The fourth-order valence-corrected chi connectivity index (χ4v) is 2.44. The van der Waals surface area contributed by atoms with Crippen LogP contribution in [0.15, 0.2) is 24.3 Å². The molecule has 0 aliphatic carbocycles. The Bertz CT molecular complexity index is 621. The minimum Gasteiger partial charge on any atom is -0.375 e. The predicted molar refractivity (Wildman–Crippen MR) is 88.3 cm³/mol. The zero-order chi connectivity index (χ0) is 15.9. The summed E-state index contributed by atoms with van der Waals surface area (Å²) in [7, 11) is 1.67. The van der Waals surface area contributed by atoms with Gasteiger partial charge in [0, 0.05) is 18.7 Å². The molecule has 0 bridgehead atoms. The second-order valence-corrected chi connectivity index (χ2v) is 5.33. The number of aryl methyl sites for hydroxylation is 2. The Morgan fingerprint density at radius 2 is 1.95 bits per heavy atom. The van der Waals surface area contributed by atoms with Crippen molar-refractivity contribution < 1.29 is 4.74 Å². The highest BCUT2D eigenvalue weighted by atomic mass is 35.5. The summed E-state index contributed by atoms with van der Waals surface area (Å²) >= 11 is 6.03. The summed E-state index contributed by atoms with van der Waals surface area (Å²) in [6.07, 6.45) is 1.56. The van der Waals surface area contributed by atoms with Crippen LogP contribution in [0.5, 0.6) is 0 Å². The van der Waals surface area contributed by atoms with Gasteiger partial charge in [0.05, 0.1) is 17.5 Å². The summed E-state index contributed by atoms with van der Waals surface area (Å²) in [5.41, 5.74) is 2.94. The van der Waals surface area contributed by atoms with Crippen molar-refractivity contribution >= 4 is 17.5 Å². The van der Waals surface area contributed by atoms with Crippen LogP contribution in [0.1, 0.15) is 36.9 Å². The molecule has 1 N–H and O–H groups in total. The molecule has 2 aromatic rings. The van der Waals surface area contributed by atoms with Crippen LogP contribution in [0, 0.1) is 0 Å². The van der Waals surface area contributed by atoms with Crippen LogP contribution < -0.4 is 5.32 Å². The smallest absolute Gasteiger partial charge is 0.243 e. The van der Waals surface area contributed by atoms with Gasteiger partial charge in [0.1, 0.15) is 0 Å². The van der Waals surface area contributed by atoms with Gasteiger partial charge < -0.3 is 10.1 Å². The molecule has 0 saturated carbocycles. The molecule has 6 heteroatoms. The fourth-order valence-electron chi connectivity index (χ4n) is 2.24. The Morgan fingerprint density at radius 1 is 1.18 bits per heavy atom. The van der Waals surface area contributed by atoms with Crippen LogP contribution in [0.2, 0.25) is 5.02 Å². The standard InChI is InChI=1S/C16H21ClN4O/c1-4-13-14(5-2)20-21-16(19-13)18-10-15(22-3)11-7-6-8-12(17)9-11/h6-9,15H,4-5,10H2,1-3H3,(H,18,19,21). The molecular formula is C16H21ClN4O. The Morgan fingerprint density at radius 3 is 2.59 bits per heavy atom. The number of hydrogen-bond donors (Lipinski definition) is 1. The lowest BCUT2D eigenvalue weighted by molar-refractivity contribution is 0.114. The van der Waals surface area contributed by atoms with E-state index in [0.717, 1.165) is 29.8 Å². The quantitative estimate of drug-likeness (QED) is 0.846. The zero-order valence-corrected chi connectivity index (χ0v) is 13.9. The second kappa shape index (κ2) is 8.06. The Labute approximate surface area is 136 Å². The van der Waals surface area contributed by atoms with E-state index in [1.54, 1.807) is 7.11 Å². The minimum absolute atomic E-state index is 0.127. The normalized spacial score (nSPS) is 12.2. The van der Waals surface area contributed by atoms with E-state index < -0.39 is 0 Å². The molecule has 22 heavy (non-hydrogen) atoms. The molecule has 0 fully saturated rings. The van der Waals surface area contributed by atoms with Crippen molar-refractivity contribution in [3.05, 3.63) is 46.2 Å². The van der Waals surface area contributed by atoms with Crippen molar-refractivity contribution in [2.24, 2.45) is 0 Å². The van der Waals surface area contributed by atoms with Gasteiger partial charge in [0.15, 0.2) is 0 Å². The largest absolute Gasteiger partial charge is 0.375 e. The van der Waals surface area contributed by atoms with Crippen molar-refractivity contribution in [1.82, 2.24) is 15.2 Å². The van der Waals surface area contributed by atoms with E-state index >= 15 is 0 Å². The van der Waals surface area contributed by atoms with Crippen molar-refractivity contribution in [3.8, 4) is 0 Å². The molecule has 0 spiro atoms. The lowest BCUT2D eigenvalue weighted by Crippen LogP contribution is -2.17. The van der Waals surface area contributed by atoms with E-state index in [1.165, 1.54) is 0 Å². The van der Waals surface area contributed by atoms with Gasteiger partial charge in [0.25, 0.3) is 0 Å². The number of nitrogens with one attached hydrogen (secondary N) is 1. The molecule has 0 aliphatic rings. The van der Waals surface area contributed by atoms with E-state index in [2.05, 4.69) is 34.3 Å². The summed E-state index contributed by atoms with van der Waals surface area (Å²) in [5.74, 6) is 0.526.